The van der Waals surface area contributed by atoms with E-state index in [1.165, 1.54) is 0 Å². The summed E-state index contributed by atoms with van der Waals surface area (Å²) in [6.45, 7) is 3.78. The highest BCUT2D eigenvalue weighted by atomic mass is 15.4. The quantitative estimate of drug-likeness (QED) is 0.799. The second-order valence-corrected chi connectivity index (χ2v) is 3.25. The molecular formula is C10H13N5. The standard InChI is InChI=1S/C10H13N5/c1-7-12-8(2)15(14-7)10-6-4-5-9(11-3)13-10/h4-6H,1-3H3,(H,11,13). The molecule has 0 amide bonds. The van der Waals surface area contributed by atoms with Gasteiger partial charge in [-0.3, -0.25) is 0 Å². The first-order valence-electron chi connectivity index (χ1n) is 4.76. The first-order valence-corrected chi connectivity index (χ1v) is 4.76. The van der Waals surface area contributed by atoms with Crippen molar-refractivity contribution >= 4 is 5.82 Å². The van der Waals surface area contributed by atoms with Gasteiger partial charge in [-0.15, -0.1) is 5.10 Å². The molecule has 78 valence electrons. The fourth-order valence-corrected chi connectivity index (χ4v) is 1.42. The number of hydrogen-bond acceptors (Lipinski definition) is 4. The van der Waals surface area contributed by atoms with Gasteiger partial charge in [-0.2, -0.15) is 4.68 Å². The summed E-state index contributed by atoms with van der Waals surface area (Å²) in [4.78, 5) is 8.62. The number of nitrogens with one attached hydrogen (secondary N) is 1. The Morgan fingerprint density at radius 1 is 1.20 bits per heavy atom. The van der Waals surface area contributed by atoms with Gasteiger partial charge in [-0.25, -0.2) is 9.97 Å². The summed E-state index contributed by atoms with van der Waals surface area (Å²) in [7, 11) is 1.84. The zero-order valence-corrected chi connectivity index (χ0v) is 9.02. The van der Waals surface area contributed by atoms with Crippen LogP contribution in [0, 0.1) is 13.8 Å². The highest BCUT2D eigenvalue weighted by Crippen LogP contribution is 2.09. The Morgan fingerprint density at radius 2 is 2.00 bits per heavy atom. The number of aromatic nitrogens is 4. The molecule has 15 heavy (non-hydrogen) atoms. The van der Waals surface area contributed by atoms with Gasteiger partial charge in [-0.1, -0.05) is 6.07 Å². The van der Waals surface area contributed by atoms with Crippen LogP contribution in [0.4, 0.5) is 5.82 Å². The SMILES string of the molecule is CNc1cccc(-n2nc(C)nc2C)n1. The molecule has 5 nitrogen and oxygen atoms in total. The molecule has 0 saturated heterocycles. The topological polar surface area (TPSA) is 55.6 Å². The lowest BCUT2D eigenvalue weighted by Crippen LogP contribution is -2.03. The van der Waals surface area contributed by atoms with Crippen molar-refractivity contribution in [2.45, 2.75) is 13.8 Å². The summed E-state index contributed by atoms with van der Waals surface area (Å²) in [6.07, 6.45) is 0. The molecule has 1 N–H and O–H groups in total. The fourth-order valence-electron chi connectivity index (χ4n) is 1.42. The summed E-state index contributed by atoms with van der Waals surface area (Å²) >= 11 is 0. The van der Waals surface area contributed by atoms with Crippen molar-refractivity contribution in [3.05, 3.63) is 29.8 Å². The molecule has 0 aliphatic heterocycles. The molecule has 2 aromatic rings. The molecule has 0 fully saturated rings. The third-order valence-electron chi connectivity index (χ3n) is 2.08. The van der Waals surface area contributed by atoms with Gasteiger partial charge >= 0.3 is 0 Å². The summed E-state index contributed by atoms with van der Waals surface area (Å²) in [5.41, 5.74) is 0. The summed E-state index contributed by atoms with van der Waals surface area (Å²) in [6, 6.07) is 5.75. The molecule has 0 radical (unpaired) electrons. The van der Waals surface area contributed by atoms with E-state index >= 15 is 0 Å². The van der Waals surface area contributed by atoms with E-state index in [0.29, 0.717) is 0 Å². The van der Waals surface area contributed by atoms with Crippen molar-refractivity contribution in [1.82, 2.24) is 19.7 Å². The van der Waals surface area contributed by atoms with E-state index < -0.39 is 0 Å². The van der Waals surface area contributed by atoms with Crippen molar-refractivity contribution in [2.24, 2.45) is 0 Å². The van der Waals surface area contributed by atoms with E-state index in [2.05, 4.69) is 20.4 Å². The number of nitrogens with zero attached hydrogens (tertiary/aromatic N) is 4. The fraction of sp³-hybridized carbons (Fsp3) is 0.300. The molecular weight excluding hydrogens is 190 g/mol. The van der Waals surface area contributed by atoms with Gasteiger partial charge in [0.1, 0.15) is 17.5 Å². The Bertz CT molecular complexity index is 474. The van der Waals surface area contributed by atoms with Crippen molar-refractivity contribution in [2.75, 3.05) is 12.4 Å². The van der Waals surface area contributed by atoms with Gasteiger partial charge in [-0.05, 0) is 26.0 Å². The summed E-state index contributed by atoms with van der Waals surface area (Å²) in [5.74, 6) is 3.19. The third-order valence-corrected chi connectivity index (χ3v) is 2.08. The largest absolute Gasteiger partial charge is 0.373 e. The predicted molar refractivity (Wildman–Crippen MR) is 58.2 cm³/mol. The lowest BCUT2D eigenvalue weighted by molar-refractivity contribution is 0.804. The molecule has 0 spiro atoms. The van der Waals surface area contributed by atoms with Gasteiger partial charge in [0.2, 0.25) is 0 Å². The van der Waals surface area contributed by atoms with Crippen LogP contribution in [0.5, 0.6) is 0 Å². The smallest absolute Gasteiger partial charge is 0.157 e. The molecule has 0 atom stereocenters. The second kappa shape index (κ2) is 3.68. The zero-order valence-electron chi connectivity index (χ0n) is 9.02. The minimum absolute atomic E-state index is 0.754. The molecule has 5 heteroatoms. The van der Waals surface area contributed by atoms with E-state index in [0.717, 1.165) is 23.3 Å². The summed E-state index contributed by atoms with van der Waals surface area (Å²) in [5, 5.41) is 7.26. The molecule has 0 saturated carbocycles. The van der Waals surface area contributed by atoms with Gasteiger partial charge in [0.05, 0.1) is 0 Å². The van der Waals surface area contributed by atoms with Crippen LogP contribution < -0.4 is 5.32 Å². The maximum atomic E-state index is 4.38. The summed E-state index contributed by atoms with van der Waals surface area (Å²) < 4.78 is 1.73. The molecule has 0 aromatic carbocycles. The van der Waals surface area contributed by atoms with Crippen molar-refractivity contribution < 1.29 is 0 Å². The van der Waals surface area contributed by atoms with Gasteiger partial charge in [0.15, 0.2) is 5.82 Å². The van der Waals surface area contributed by atoms with E-state index in [9.17, 15) is 0 Å². The number of rotatable bonds is 2. The van der Waals surface area contributed by atoms with Crippen LogP contribution >= 0.6 is 0 Å². The molecule has 0 bridgehead atoms. The van der Waals surface area contributed by atoms with Crippen LogP contribution in [-0.2, 0) is 0 Å². The Kier molecular flexibility index (Phi) is 2.37. The van der Waals surface area contributed by atoms with E-state index in [1.54, 1.807) is 4.68 Å². The highest BCUT2D eigenvalue weighted by molar-refractivity contribution is 5.38. The lowest BCUT2D eigenvalue weighted by Gasteiger charge is -2.04. The molecule has 2 aromatic heterocycles. The average Bonchev–Trinajstić information content (AvgIpc) is 2.58. The zero-order chi connectivity index (χ0) is 10.8. The Morgan fingerprint density at radius 3 is 2.60 bits per heavy atom. The average molecular weight is 203 g/mol. The highest BCUT2D eigenvalue weighted by Gasteiger charge is 2.06. The molecule has 0 aliphatic rings. The molecule has 0 aliphatic carbocycles. The number of aryl methyl sites for hydroxylation is 2. The number of anilines is 1. The van der Waals surface area contributed by atoms with Crippen LogP contribution in [0.1, 0.15) is 11.6 Å². The Labute approximate surface area is 88.2 Å². The van der Waals surface area contributed by atoms with Crippen LogP contribution in [0.15, 0.2) is 18.2 Å². The van der Waals surface area contributed by atoms with E-state index in [-0.39, 0.29) is 0 Å². The molecule has 0 unspecified atom stereocenters. The minimum atomic E-state index is 0.754. The van der Waals surface area contributed by atoms with Crippen molar-refractivity contribution in [3.63, 3.8) is 0 Å². The Hall–Kier alpha value is -1.91. The third kappa shape index (κ3) is 1.81. The van der Waals surface area contributed by atoms with Crippen LogP contribution in [0.2, 0.25) is 0 Å². The predicted octanol–water partition coefficient (Wildman–Crippen LogP) is 1.32. The van der Waals surface area contributed by atoms with Crippen LogP contribution in [-0.4, -0.2) is 26.8 Å². The Balaban J connectivity index is 2.49. The monoisotopic (exact) mass is 203 g/mol. The first kappa shape index (κ1) is 9.64. The normalized spacial score (nSPS) is 10.3. The van der Waals surface area contributed by atoms with Crippen LogP contribution in [0.3, 0.4) is 0 Å². The lowest BCUT2D eigenvalue weighted by atomic mass is 10.4. The van der Waals surface area contributed by atoms with Gasteiger partial charge in [0, 0.05) is 7.05 Å². The van der Waals surface area contributed by atoms with Gasteiger partial charge < -0.3 is 5.32 Å². The van der Waals surface area contributed by atoms with Crippen molar-refractivity contribution in [1.29, 1.82) is 0 Å². The number of hydrogen-bond donors (Lipinski definition) is 1. The van der Waals surface area contributed by atoms with E-state index in [4.69, 9.17) is 0 Å². The minimum Gasteiger partial charge on any atom is -0.373 e. The van der Waals surface area contributed by atoms with Crippen LogP contribution in [0.25, 0.3) is 5.82 Å². The number of pyridine rings is 1. The first-order chi connectivity index (χ1) is 7.20. The maximum Gasteiger partial charge on any atom is 0.157 e. The van der Waals surface area contributed by atoms with Gasteiger partial charge in [0.25, 0.3) is 0 Å². The van der Waals surface area contributed by atoms with E-state index in [1.807, 2.05) is 39.1 Å². The second-order valence-electron chi connectivity index (χ2n) is 3.25. The van der Waals surface area contributed by atoms with Crippen molar-refractivity contribution in [3.8, 4) is 5.82 Å². The molecule has 2 rings (SSSR count). The maximum absolute atomic E-state index is 4.38. The molecule has 2 heterocycles.